The number of nitrogens with zero attached hydrogens (tertiary/aromatic N) is 3. The summed E-state index contributed by atoms with van der Waals surface area (Å²) in [4.78, 5) is 67.2. The van der Waals surface area contributed by atoms with Crippen LogP contribution in [-0.4, -0.2) is 61.8 Å². The third-order valence-corrected chi connectivity index (χ3v) is 11.1. The zero-order valence-corrected chi connectivity index (χ0v) is 34.9. The van der Waals surface area contributed by atoms with Crippen LogP contribution in [0.1, 0.15) is 65.6 Å². The molecule has 64 heavy (non-hydrogen) atoms. The molecular formula is C48H42F2N6O8. The zero-order chi connectivity index (χ0) is 45.4. The highest BCUT2D eigenvalue weighted by Gasteiger charge is 2.31. The van der Waals surface area contributed by atoms with Gasteiger partial charge in [0.05, 0.1) is 22.9 Å². The number of amides is 4. The molecule has 0 saturated carbocycles. The van der Waals surface area contributed by atoms with Crippen LogP contribution in [0, 0.1) is 17.6 Å². The molecule has 8 rings (SSSR count). The van der Waals surface area contributed by atoms with Crippen molar-refractivity contribution in [3.63, 3.8) is 0 Å². The molecule has 0 spiro atoms. The summed E-state index contributed by atoms with van der Waals surface area (Å²) in [5, 5.41) is 33.8. The Balaban J connectivity index is 1.01. The molecule has 2 aliphatic heterocycles. The van der Waals surface area contributed by atoms with Gasteiger partial charge < -0.3 is 30.2 Å². The summed E-state index contributed by atoms with van der Waals surface area (Å²) in [5.41, 5.74) is 0.837. The van der Waals surface area contributed by atoms with Gasteiger partial charge in [-0.2, -0.15) is 5.10 Å². The maximum atomic E-state index is 14.8. The number of aromatic hydroxyl groups is 1. The number of urea groups is 1. The van der Waals surface area contributed by atoms with Crippen molar-refractivity contribution in [2.75, 3.05) is 23.7 Å². The van der Waals surface area contributed by atoms with E-state index < -0.39 is 46.6 Å². The number of aromatic carboxylic acids is 1. The molecular weight excluding hydrogens is 827 g/mol. The van der Waals surface area contributed by atoms with E-state index in [1.165, 1.54) is 23.1 Å². The number of carbonyl (C=O) groups is 4. The van der Waals surface area contributed by atoms with E-state index in [0.717, 1.165) is 35.5 Å². The summed E-state index contributed by atoms with van der Waals surface area (Å²) < 4.78 is 37.0. The normalized spacial score (nSPS) is 14.1. The van der Waals surface area contributed by atoms with Crippen LogP contribution in [0.4, 0.5) is 25.1 Å². The number of nitrogens with one attached hydrogen (secondary N) is 3. The van der Waals surface area contributed by atoms with Gasteiger partial charge in [0.25, 0.3) is 5.91 Å². The van der Waals surface area contributed by atoms with Crippen molar-refractivity contribution in [3.8, 4) is 33.9 Å². The first-order chi connectivity index (χ1) is 30.5. The first-order valence-corrected chi connectivity index (χ1v) is 20.4. The summed E-state index contributed by atoms with van der Waals surface area (Å²) in [6.07, 6.45) is 0.996. The Labute approximate surface area is 364 Å². The Morgan fingerprint density at radius 2 is 1.66 bits per heavy atom. The fourth-order valence-electron chi connectivity index (χ4n) is 7.78. The Hall–Kier alpha value is -7.88. The number of fused-ring (bicyclic) bond motifs is 2. The summed E-state index contributed by atoms with van der Waals surface area (Å²) >= 11 is 0. The van der Waals surface area contributed by atoms with Gasteiger partial charge >= 0.3 is 12.0 Å². The summed E-state index contributed by atoms with van der Waals surface area (Å²) in [6.45, 7) is 6.56. The minimum Gasteiger partial charge on any atom is -0.505 e. The number of hydrogen-bond donors (Lipinski definition) is 5. The van der Waals surface area contributed by atoms with Gasteiger partial charge in [-0.1, -0.05) is 51.1 Å². The highest BCUT2D eigenvalue weighted by atomic mass is 19.1. The number of hydrogen-bond acceptors (Lipinski definition) is 8. The van der Waals surface area contributed by atoms with E-state index in [1.807, 2.05) is 69.3 Å². The van der Waals surface area contributed by atoms with Gasteiger partial charge in [-0.15, -0.1) is 0 Å². The predicted octanol–water partition coefficient (Wildman–Crippen LogP) is 8.54. The third kappa shape index (κ3) is 8.75. The van der Waals surface area contributed by atoms with Crippen LogP contribution in [0.5, 0.6) is 5.75 Å². The predicted molar refractivity (Wildman–Crippen MR) is 235 cm³/mol. The van der Waals surface area contributed by atoms with Crippen LogP contribution in [0.25, 0.3) is 39.1 Å². The molecule has 5 aromatic rings. The standard InChI is InChI=1S/C48H42F2N6O8/c1-48(2,3)41-23-42(53-47(63)52-29-11-5-4-6-12-29)56(54-41)30-13-7-9-26(17-30)24-51-44(59)28-10-8-16-55(25-28)45(60)27-14-15-31(46(61)62)32(18-27)43-33-19-35(49)37(57)21-39(33)64-40-22-38(58)36(50)20-34(40)43/h4-7,9,11-15,17-23,28,57H,8,10,16,24-25H2,1-3H3,(H,51,59)(H,61,62)(H2,52,53,63). The number of phenols is 1. The first-order valence-electron chi connectivity index (χ1n) is 20.4. The number of rotatable bonds is 9. The molecule has 1 unspecified atom stereocenters. The van der Waals surface area contributed by atoms with Crippen LogP contribution in [0.2, 0.25) is 0 Å². The number of piperidine rings is 1. The quantitative estimate of drug-likeness (QED) is 0.0884. The van der Waals surface area contributed by atoms with Crippen LogP contribution in [-0.2, 0) is 16.8 Å². The second kappa shape index (κ2) is 17.1. The van der Waals surface area contributed by atoms with Crippen LogP contribution in [0.15, 0.2) is 112 Å². The number of halogens is 2. The SMILES string of the molecule is CC(C)(C)c1cc(NC(=O)Nc2ccccc2)n(-c2cccc(CNC(=O)C3CCCN(C(=O)c4ccc(C(=O)O)c(-c5c6cc(F)c(=O)cc-6oc6cc(O)c(F)cc56)c4)C3)c2)n1. The van der Waals surface area contributed by atoms with Gasteiger partial charge in [0, 0.05) is 71.0 Å². The molecule has 4 amide bonds. The fourth-order valence-corrected chi connectivity index (χ4v) is 7.78. The van der Waals surface area contributed by atoms with Gasteiger partial charge in [-0.25, -0.2) is 23.1 Å². The number of para-hydroxylation sites is 1. The maximum absolute atomic E-state index is 14.8. The lowest BCUT2D eigenvalue weighted by Crippen LogP contribution is -2.45. The number of phenolic OH excluding ortho intramolecular Hbond substituents is 1. The van der Waals surface area contributed by atoms with E-state index in [2.05, 4.69) is 16.0 Å². The molecule has 1 atom stereocenters. The van der Waals surface area contributed by atoms with Crippen molar-refractivity contribution in [2.24, 2.45) is 5.92 Å². The molecule has 3 aliphatic rings. The van der Waals surface area contributed by atoms with Crippen molar-refractivity contribution in [1.29, 1.82) is 0 Å². The average molecular weight is 869 g/mol. The number of likely N-dealkylation sites (tertiary alicyclic amines) is 1. The lowest BCUT2D eigenvalue weighted by Gasteiger charge is -2.32. The lowest BCUT2D eigenvalue weighted by molar-refractivity contribution is -0.126. The van der Waals surface area contributed by atoms with E-state index in [-0.39, 0.29) is 69.0 Å². The van der Waals surface area contributed by atoms with Gasteiger partial charge in [0.2, 0.25) is 11.3 Å². The van der Waals surface area contributed by atoms with Crippen LogP contribution < -0.4 is 21.4 Å². The number of carboxylic acids is 1. The van der Waals surface area contributed by atoms with E-state index in [0.29, 0.717) is 36.6 Å². The van der Waals surface area contributed by atoms with E-state index in [9.17, 15) is 43.0 Å². The molecule has 0 bridgehead atoms. The Kier molecular flexibility index (Phi) is 11.4. The molecule has 326 valence electrons. The number of aromatic nitrogens is 2. The maximum Gasteiger partial charge on any atom is 0.336 e. The van der Waals surface area contributed by atoms with Crippen molar-refractivity contribution in [1.82, 2.24) is 20.0 Å². The van der Waals surface area contributed by atoms with E-state index in [4.69, 9.17) is 9.52 Å². The number of anilines is 2. The van der Waals surface area contributed by atoms with Crippen LogP contribution in [0.3, 0.4) is 0 Å². The highest BCUT2D eigenvalue weighted by molar-refractivity contribution is 6.09. The minimum absolute atomic E-state index is 0.0377. The van der Waals surface area contributed by atoms with Crippen molar-refractivity contribution in [3.05, 3.63) is 147 Å². The second-order valence-corrected chi connectivity index (χ2v) is 16.6. The van der Waals surface area contributed by atoms with Gasteiger partial charge in [-0.3, -0.25) is 19.7 Å². The highest BCUT2D eigenvalue weighted by Crippen LogP contribution is 2.43. The molecule has 3 heterocycles. The van der Waals surface area contributed by atoms with Gasteiger partial charge in [-0.05, 0) is 78.6 Å². The Bertz CT molecular complexity index is 3010. The Morgan fingerprint density at radius 3 is 2.41 bits per heavy atom. The zero-order valence-electron chi connectivity index (χ0n) is 34.9. The van der Waals surface area contributed by atoms with Gasteiger partial charge in [0.15, 0.2) is 17.4 Å². The summed E-state index contributed by atoms with van der Waals surface area (Å²) in [7, 11) is 0. The summed E-state index contributed by atoms with van der Waals surface area (Å²) in [6, 6.07) is 25.2. The summed E-state index contributed by atoms with van der Waals surface area (Å²) in [5.74, 6) is -5.51. The van der Waals surface area contributed by atoms with Crippen molar-refractivity contribution < 1.29 is 42.6 Å². The molecule has 1 aromatic heterocycles. The minimum atomic E-state index is -1.40. The fraction of sp³-hybridized carbons (Fsp3) is 0.208. The molecule has 14 nitrogen and oxygen atoms in total. The number of benzene rings is 5. The monoisotopic (exact) mass is 868 g/mol. The first kappa shape index (κ1) is 42.8. The molecule has 5 N–H and O–H groups in total. The molecule has 4 aromatic carbocycles. The molecule has 1 aliphatic carbocycles. The second-order valence-electron chi connectivity index (χ2n) is 16.6. The molecule has 1 fully saturated rings. The Morgan fingerprint density at radius 1 is 0.875 bits per heavy atom. The number of carbonyl (C=O) groups excluding carboxylic acids is 3. The largest absolute Gasteiger partial charge is 0.505 e. The van der Waals surface area contributed by atoms with Crippen molar-refractivity contribution in [2.45, 2.75) is 45.6 Å². The molecule has 16 heteroatoms. The third-order valence-electron chi connectivity index (χ3n) is 11.1. The molecule has 1 saturated heterocycles. The van der Waals surface area contributed by atoms with Crippen molar-refractivity contribution >= 4 is 46.3 Å². The van der Waals surface area contributed by atoms with E-state index >= 15 is 0 Å². The average Bonchev–Trinajstić information content (AvgIpc) is 3.70. The smallest absolute Gasteiger partial charge is 0.336 e. The van der Waals surface area contributed by atoms with Crippen LogP contribution >= 0.6 is 0 Å². The van der Waals surface area contributed by atoms with Gasteiger partial charge in [0.1, 0.15) is 17.2 Å². The number of carboxylic acid groups (broad SMARTS) is 1. The lowest BCUT2D eigenvalue weighted by atomic mass is 9.89. The topological polar surface area (TPSA) is 196 Å². The molecule has 0 radical (unpaired) electrons. The van der Waals surface area contributed by atoms with E-state index in [1.54, 1.807) is 16.8 Å².